The zero-order valence-corrected chi connectivity index (χ0v) is 10.9. The summed E-state index contributed by atoms with van der Waals surface area (Å²) in [4.78, 5) is 0. The fraction of sp³-hybridized carbons (Fsp3) is 0.455. The number of benzene rings is 1. The maximum Gasteiger partial charge on any atom is 0.0818 e. The van der Waals surface area contributed by atoms with Crippen molar-refractivity contribution in [1.82, 2.24) is 0 Å². The van der Waals surface area contributed by atoms with E-state index in [1.807, 2.05) is 18.2 Å². The molecule has 76 valence electrons. The molecule has 1 aromatic rings. The minimum absolute atomic E-state index is 0.294. The van der Waals surface area contributed by atoms with E-state index in [1.165, 1.54) is 6.42 Å². The molecule has 1 aliphatic rings. The predicted octanol–water partition coefficient (Wildman–Crippen LogP) is 4.05. The Morgan fingerprint density at radius 2 is 1.71 bits per heavy atom. The lowest BCUT2D eigenvalue weighted by Gasteiger charge is -2.30. The fourth-order valence-corrected chi connectivity index (χ4v) is 3.10. The van der Waals surface area contributed by atoms with Gasteiger partial charge in [0.15, 0.2) is 0 Å². The third-order valence-corrected chi connectivity index (χ3v) is 3.74. The molecular formula is C11H12Br2O. The Bertz CT molecular complexity index is 314. The summed E-state index contributed by atoms with van der Waals surface area (Å²) in [5.74, 6) is 0.469. The molecule has 1 aliphatic carbocycles. The van der Waals surface area contributed by atoms with E-state index < -0.39 is 0 Å². The molecule has 0 radical (unpaired) electrons. The van der Waals surface area contributed by atoms with Crippen LogP contribution in [0.3, 0.4) is 0 Å². The van der Waals surface area contributed by atoms with Gasteiger partial charge in [-0.3, -0.25) is 0 Å². The molecule has 1 atom stereocenters. The molecule has 3 heteroatoms. The number of hydrogen-bond acceptors (Lipinski definition) is 1. The number of hydrogen-bond donors (Lipinski definition) is 1. The van der Waals surface area contributed by atoms with E-state index >= 15 is 0 Å². The molecule has 1 saturated carbocycles. The Morgan fingerprint density at radius 3 is 2.14 bits per heavy atom. The van der Waals surface area contributed by atoms with Crippen LogP contribution in [0.2, 0.25) is 0 Å². The minimum atomic E-state index is -0.294. The van der Waals surface area contributed by atoms with Crippen molar-refractivity contribution >= 4 is 31.9 Å². The van der Waals surface area contributed by atoms with Crippen molar-refractivity contribution in [3.05, 3.63) is 32.7 Å². The lowest BCUT2D eigenvalue weighted by Crippen LogP contribution is -2.19. The Hall–Kier alpha value is 0.140. The number of halogens is 2. The van der Waals surface area contributed by atoms with E-state index in [4.69, 9.17) is 0 Å². The maximum absolute atomic E-state index is 10.0. The molecule has 2 rings (SSSR count). The predicted molar refractivity (Wildman–Crippen MR) is 64.1 cm³/mol. The van der Waals surface area contributed by atoms with Gasteiger partial charge >= 0.3 is 0 Å². The van der Waals surface area contributed by atoms with Crippen LogP contribution in [0.1, 0.15) is 30.9 Å². The smallest absolute Gasteiger partial charge is 0.0818 e. The molecule has 0 heterocycles. The third kappa shape index (κ3) is 2.20. The van der Waals surface area contributed by atoms with E-state index in [0.29, 0.717) is 5.92 Å². The zero-order chi connectivity index (χ0) is 10.1. The van der Waals surface area contributed by atoms with E-state index in [0.717, 1.165) is 27.4 Å². The summed E-state index contributed by atoms with van der Waals surface area (Å²) in [6.45, 7) is 0. The molecule has 1 nitrogen and oxygen atoms in total. The van der Waals surface area contributed by atoms with Crippen LogP contribution in [0, 0.1) is 5.92 Å². The molecule has 1 unspecified atom stereocenters. The van der Waals surface area contributed by atoms with Crippen LogP contribution in [-0.2, 0) is 0 Å². The normalized spacial score (nSPS) is 19.1. The van der Waals surface area contributed by atoms with Crippen molar-refractivity contribution in [3.8, 4) is 0 Å². The number of aliphatic hydroxyl groups excluding tert-OH is 1. The quantitative estimate of drug-likeness (QED) is 0.872. The van der Waals surface area contributed by atoms with E-state index in [1.54, 1.807) is 0 Å². The highest BCUT2D eigenvalue weighted by atomic mass is 79.9. The van der Waals surface area contributed by atoms with Crippen molar-refractivity contribution in [1.29, 1.82) is 0 Å². The topological polar surface area (TPSA) is 20.2 Å². The average molecular weight is 320 g/mol. The Labute approximate surface area is 101 Å². The first-order valence-electron chi connectivity index (χ1n) is 4.81. The molecular weight excluding hydrogens is 308 g/mol. The first-order chi connectivity index (χ1) is 6.66. The number of rotatable bonds is 2. The van der Waals surface area contributed by atoms with Gasteiger partial charge in [-0.1, -0.05) is 38.3 Å². The Balaban J connectivity index is 2.21. The largest absolute Gasteiger partial charge is 0.388 e. The van der Waals surface area contributed by atoms with Gasteiger partial charge in [0.1, 0.15) is 0 Å². The molecule has 1 fully saturated rings. The molecule has 14 heavy (non-hydrogen) atoms. The highest BCUT2D eigenvalue weighted by Gasteiger charge is 2.26. The van der Waals surface area contributed by atoms with Gasteiger partial charge in [0.25, 0.3) is 0 Å². The first kappa shape index (κ1) is 10.7. The van der Waals surface area contributed by atoms with Gasteiger partial charge in [0.2, 0.25) is 0 Å². The highest BCUT2D eigenvalue weighted by Crippen LogP contribution is 2.38. The Kier molecular flexibility index (Phi) is 3.30. The van der Waals surface area contributed by atoms with Crippen LogP contribution >= 0.6 is 31.9 Å². The lowest BCUT2D eigenvalue weighted by molar-refractivity contribution is 0.0620. The van der Waals surface area contributed by atoms with E-state index in [9.17, 15) is 5.11 Å². The van der Waals surface area contributed by atoms with Gasteiger partial charge < -0.3 is 5.11 Å². The van der Waals surface area contributed by atoms with Crippen molar-refractivity contribution in [2.24, 2.45) is 5.92 Å². The highest BCUT2D eigenvalue weighted by molar-refractivity contribution is 9.11. The molecule has 1 aromatic carbocycles. The van der Waals surface area contributed by atoms with Crippen LogP contribution in [0.25, 0.3) is 0 Å². The van der Waals surface area contributed by atoms with Crippen LogP contribution in [-0.4, -0.2) is 5.11 Å². The maximum atomic E-state index is 10.0. The average Bonchev–Trinajstić information content (AvgIpc) is 1.98. The van der Waals surface area contributed by atoms with Crippen molar-refractivity contribution in [2.75, 3.05) is 0 Å². The van der Waals surface area contributed by atoms with Gasteiger partial charge in [0, 0.05) is 8.95 Å². The van der Waals surface area contributed by atoms with Gasteiger partial charge in [-0.15, -0.1) is 0 Å². The van der Waals surface area contributed by atoms with Crippen molar-refractivity contribution in [3.63, 3.8) is 0 Å². The summed E-state index contributed by atoms with van der Waals surface area (Å²) in [5.41, 5.74) is 1.01. The first-order valence-corrected chi connectivity index (χ1v) is 6.39. The molecule has 0 bridgehead atoms. The zero-order valence-electron chi connectivity index (χ0n) is 7.71. The molecule has 0 spiro atoms. The van der Waals surface area contributed by atoms with E-state index in [-0.39, 0.29) is 6.10 Å². The van der Waals surface area contributed by atoms with Crippen LogP contribution in [0.15, 0.2) is 27.1 Å². The fourth-order valence-electron chi connectivity index (χ4n) is 1.77. The van der Waals surface area contributed by atoms with Crippen molar-refractivity contribution < 1.29 is 5.11 Å². The second kappa shape index (κ2) is 4.33. The van der Waals surface area contributed by atoms with Crippen LogP contribution in [0.4, 0.5) is 0 Å². The summed E-state index contributed by atoms with van der Waals surface area (Å²) in [7, 11) is 0. The minimum Gasteiger partial charge on any atom is -0.388 e. The molecule has 1 N–H and O–H groups in total. The van der Waals surface area contributed by atoms with Crippen LogP contribution in [0.5, 0.6) is 0 Å². The summed E-state index contributed by atoms with van der Waals surface area (Å²) in [6, 6.07) is 5.97. The van der Waals surface area contributed by atoms with Crippen LogP contribution < -0.4 is 0 Å². The summed E-state index contributed by atoms with van der Waals surface area (Å²) >= 11 is 6.86. The van der Waals surface area contributed by atoms with Gasteiger partial charge in [-0.25, -0.2) is 0 Å². The molecule has 0 aliphatic heterocycles. The lowest BCUT2D eigenvalue weighted by atomic mass is 9.79. The van der Waals surface area contributed by atoms with Crippen molar-refractivity contribution in [2.45, 2.75) is 25.4 Å². The second-order valence-corrected chi connectivity index (χ2v) is 5.67. The van der Waals surface area contributed by atoms with Gasteiger partial charge in [0.05, 0.1) is 6.10 Å². The Morgan fingerprint density at radius 1 is 1.14 bits per heavy atom. The van der Waals surface area contributed by atoms with Gasteiger partial charge in [-0.2, -0.15) is 0 Å². The SMILES string of the molecule is OC(c1cc(Br)cc(Br)c1)C1CCC1. The van der Waals surface area contributed by atoms with E-state index in [2.05, 4.69) is 31.9 Å². The number of aliphatic hydroxyl groups is 1. The summed E-state index contributed by atoms with van der Waals surface area (Å²) in [6.07, 6.45) is 3.28. The standard InChI is InChI=1S/C11H12Br2O/c12-9-4-8(5-10(13)6-9)11(14)7-2-1-3-7/h4-7,11,14H,1-3H2. The molecule has 0 saturated heterocycles. The second-order valence-electron chi connectivity index (χ2n) is 3.84. The molecule has 0 amide bonds. The third-order valence-electron chi connectivity index (χ3n) is 2.82. The summed E-state index contributed by atoms with van der Waals surface area (Å²) in [5, 5.41) is 10.0. The molecule has 0 aromatic heterocycles. The van der Waals surface area contributed by atoms with Gasteiger partial charge in [-0.05, 0) is 42.5 Å². The monoisotopic (exact) mass is 318 g/mol. The summed E-state index contributed by atoms with van der Waals surface area (Å²) < 4.78 is 2.03.